The first kappa shape index (κ1) is 27.6. The average molecular weight is 486 g/mol. The highest BCUT2D eigenvalue weighted by atomic mass is 32.2. The van der Waals surface area contributed by atoms with E-state index in [1.54, 1.807) is 13.2 Å². The molecular formula is C28H39NO4S. The van der Waals surface area contributed by atoms with Crippen LogP contribution in [0.25, 0.3) is 0 Å². The Morgan fingerprint density at radius 2 is 1.62 bits per heavy atom. The summed E-state index contributed by atoms with van der Waals surface area (Å²) in [6, 6.07) is 13.3. The summed E-state index contributed by atoms with van der Waals surface area (Å²) in [5.41, 5.74) is 3.28. The van der Waals surface area contributed by atoms with Gasteiger partial charge in [0, 0.05) is 0 Å². The van der Waals surface area contributed by atoms with Gasteiger partial charge in [0.1, 0.15) is 5.75 Å². The third kappa shape index (κ3) is 8.01. The van der Waals surface area contributed by atoms with Crippen molar-refractivity contribution in [2.24, 2.45) is 0 Å². The molecule has 2 aromatic carbocycles. The van der Waals surface area contributed by atoms with Gasteiger partial charge >= 0.3 is 0 Å². The number of hydrogen-bond acceptors (Lipinski definition) is 4. The lowest BCUT2D eigenvalue weighted by Gasteiger charge is -2.20. The van der Waals surface area contributed by atoms with Crippen LogP contribution < -0.4 is 10.1 Å². The maximum atomic E-state index is 13.6. The quantitative estimate of drug-likeness (QED) is 0.245. The van der Waals surface area contributed by atoms with Gasteiger partial charge in [0.2, 0.25) is 16.2 Å². The van der Waals surface area contributed by atoms with E-state index in [1.165, 1.54) is 18.4 Å². The van der Waals surface area contributed by atoms with E-state index in [4.69, 9.17) is 4.74 Å². The summed E-state index contributed by atoms with van der Waals surface area (Å²) in [5, 5.41) is 2.96. The highest BCUT2D eigenvalue weighted by molar-refractivity contribution is 7.73. The Kier molecular flexibility index (Phi) is 11.9. The summed E-state index contributed by atoms with van der Waals surface area (Å²) < 4.78 is 30.1. The molecule has 1 amide bonds. The van der Waals surface area contributed by atoms with E-state index in [1.807, 2.05) is 43.3 Å². The van der Waals surface area contributed by atoms with Gasteiger partial charge < -0.3 is 10.1 Å². The first-order valence-corrected chi connectivity index (χ1v) is 13.5. The van der Waals surface area contributed by atoms with Gasteiger partial charge in [-0.05, 0) is 48.9 Å². The van der Waals surface area contributed by atoms with Crippen molar-refractivity contribution in [3.8, 4) is 5.75 Å². The number of aryl methyl sites for hydroxylation is 2. The van der Waals surface area contributed by atoms with Gasteiger partial charge in [0.25, 0.3) is 0 Å². The van der Waals surface area contributed by atoms with Crippen LogP contribution in [0.2, 0.25) is 0 Å². The molecule has 0 radical (unpaired) electrons. The number of unbranched alkanes of at least 4 members (excludes halogenated alkanes) is 5. The van der Waals surface area contributed by atoms with Crippen molar-refractivity contribution in [3.63, 3.8) is 0 Å². The van der Waals surface area contributed by atoms with E-state index >= 15 is 0 Å². The molecule has 2 aromatic rings. The number of rotatable bonds is 14. The Morgan fingerprint density at radius 3 is 2.24 bits per heavy atom. The minimum absolute atomic E-state index is 0.240. The maximum absolute atomic E-state index is 13.6. The van der Waals surface area contributed by atoms with Crippen LogP contribution in [0.1, 0.15) is 87.8 Å². The molecule has 0 aliphatic carbocycles. The topological polar surface area (TPSA) is 72.5 Å². The predicted octanol–water partition coefficient (Wildman–Crippen LogP) is 6.48. The number of carbonyl (C=O) groups is 1. The van der Waals surface area contributed by atoms with Crippen molar-refractivity contribution < 1.29 is 17.9 Å². The van der Waals surface area contributed by atoms with Gasteiger partial charge in [-0.15, -0.1) is 0 Å². The van der Waals surface area contributed by atoms with Crippen LogP contribution in [-0.2, 0) is 21.5 Å². The third-order valence-corrected chi connectivity index (χ3v) is 7.00. The Hall–Kier alpha value is -2.60. The second-order valence-corrected chi connectivity index (χ2v) is 9.78. The third-order valence-electron chi connectivity index (χ3n) is 6.13. The van der Waals surface area contributed by atoms with Crippen molar-refractivity contribution >= 4 is 26.8 Å². The zero-order valence-electron chi connectivity index (χ0n) is 21.0. The van der Waals surface area contributed by atoms with Gasteiger partial charge in [-0.3, -0.25) is 4.79 Å². The van der Waals surface area contributed by atoms with Crippen molar-refractivity contribution in [1.29, 1.82) is 0 Å². The molecule has 1 N–H and O–H groups in total. The Labute approximate surface area is 206 Å². The molecule has 34 heavy (non-hydrogen) atoms. The van der Waals surface area contributed by atoms with Crippen molar-refractivity contribution in [2.75, 3.05) is 12.4 Å². The fourth-order valence-corrected chi connectivity index (χ4v) is 4.97. The summed E-state index contributed by atoms with van der Waals surface area (Å²) in [6.45, 7) is 6.18. The standard InChI is InChI=1S/C28H39NO4S/c1-5-7-8-9-10-11-16-25(34(31)32)26(23-19-17-22(13-6-2)18-20-23)28(30)29-27-21(3)14-12-15-24(27)33-4/h12,14-15,17-20,26H,5-11,13,16H2,1-4H3,(H,29,30). The first-order chi connectivity index (χ1) is 16.4. The first-order valence-electron chi connectivity index (χ1n) is 12.4. The van der Waals surface area contributed by atoms with Crippen LogP contribution in [0.5, 0.6) is 5.75 Å². The van der Waals surface area contributed by atoms with Gasteiger partial charge in [0.05, 0.1) is 23.6 Å². The predicted molar refractivity (Wildman–Crippen MR) is 141 cm³/mol. The maximum Gasteiger partial charge on any atom is 0.237 e. The highest BCUT2D eigenvalue weighted by Crippen LogP contribution is 2.30. The SMILES string of the molecule is CCCCCCCCC(C(C(=O)Nc1c(C)cccc1OC)c1ccc(CCC)cc1)=S(=O)=O. The second kappa shape index (κ2) is 14.6. The highest BCUT2D eigenvalue weighted by Gasteiger charge is 2.28. The number of anilines is 1. The Morgan fingerprint density at radius 1 is 0.941 bits per heavy atom. The molecule has 0 aliphatic rings. The molecule has 1 atom stereocenters. The van der Waals surface area contributed by atoms with Crippen molar-refractivity contribution in [3.05, 3.63) is 59.2 Å². The van der Waals surface area contributed by atoms with Gasteiger partial charge in [-0.2, -0.15) is 8.42 Å². The van der Waals surface area contributed by atoms with Crippen LogP contribution in [0.4, 0.5) is 5.69 Å². The number of amides is 1. The largest absolute Gasteiger partial charge is 0.495 e. The molecule has 5 nitrogen and oxygen atoms in total. The Bertz CT molecular complexity index is 1050. The molecule has 6 heteroatoms. The monoisotopic (exact) mass is 485 g/mol. The summed E-state index contributed by atoms with van der Waals surface area (Å²) in [7, 11) is -0.915. The minimum Gasteiger partial charge on any atom is -0.495 e. The molecule has 0 saturated heterocycles. The lowest BCUT2D eigenvalue weighted by molar-refractivity contribution is -0.116. The normalized spacial score (nSPS) is 11.6. The summed E-state index contributed by atoms with van der Waals surface area (Å²) in [4.78, 5) is 13.8. The number of hydrogen-bond donors (Lipinski definition) is 1. The van der Waals surface area contributed by atoms with Crippen LogP contribution in [-0.4, -0.2) is 26.3 Å². The van der Waals surface area contributed by atoms with E-state index in [9.17, 15) is 13.2 Å². The van der Waals surface area contributed by atoms with Crippen LogP contribution in [0.3, 0.4) is 0 Å². The fraction of sp³-hybridized carbons (Fsp3) is 0.500. The number of para-hydroxylation sites is 1. The lowest BCUT2D eigenvalue weighted by atomic mass is 9.90. The number of ether oxygens (including phenoxy) is 1. The van der Waals surface area contributed by atoms with Crippen molar-refractivity contribution in [1.82, 2.24) is 0 Å². The average Bonchev–Trinajstić information content (AvgIpc) is 2.82. The number of carbonyl (C=O) groups excluding carboxylic acids is 1. The molecule has 1 unspecified atom stereocenters. The van der Waals surface area contributed by atoms with E-state index < -0.39 is 16.2 Å². The summed E-state index contributed by atoms with van der Waals surface area (Å²) >= 11 is 0. The van der Waals surface area contributed by atoms with Crippen LogP contribution >= 0.6 is 0 Å². The number of methoxy groups -OCH3 is 1. The molecule has 2 rings (SSSR count). The smallest absolute Gasteiger partial charge is 0.237 e. The van der Waals surface area contributed by atoms with E-state index in [0.717, 1.165) is 44.1 Å². The minimum atomic E-state index is -2.47. The zero-order chi connectivity index (χ0) is 24.9. The molecule has 0 bridgehead atoms. The molecule has 0 heterocycles. The van der Waals surface area contributed by atoms with Gasteiger partial charge in [0.15, 0.2) is 0 Å². The molecule has 0 spiro atoms. The van der Waals surface area contributed by atoms with Crippen LogP contribution in [0.15, 0.2) is 42.5 Å². The second-order valence-electron chi connectivity index (χ2n) is 8.78. The zero-order valence-corrected chi connectivity index (χ0v) is 21.8. The Balaban J connectivity index is 2.37. The molecule has 186 valence electrons. The molecular weight excluding hydrogens is 446 g/mol. The van der Waals surface area contributed by atoms with E-state index in [-0.39, 0.29) is 10.8 Å². The molecule has 0 aliphatic heterocycles. The fourth-order valence-electron chi connectivity index (χ4n) is 4.22. The lowest BCUT2D eigenvalue weighted by Crippen LogP contribution is -2.29. The van der Waals surface area contributed by atoms with E-state index in [0.29, 0.717) is 23.4 Å². The van der Waals surface area contributed by atoms with E-state index in [2.05, 4.69) is 19.2 Å². The van der Waals surface area contributed by atoms with Gasteiger partial charge in [-0.1, -0.05) is 88.8 Å². The molecule has 0 fully saturated rings. The van der Waals surface area contributed by atoms with Crippen molar-refractivity contribution in [2.45, 2.75) is 84.5 Å². The summed E-state index contributed by atoms with van der Waals surface area (Å²) in [6.07, 6.45) is 8.64. The summed E-state index contributed by atoms with van der Waals surface area (Å²) in [5.74, 6) is -0.693. The van der Waals surface area contributed by atoms with Crippen LogP contribution in [0, 0.1) is 6.92 Å². The molecule has 0 saturated carbocycles. The van der Waals surface area contributed by atoms with Gasteiger partial charge in [-0.25, -0.2) is 0 Å². The number of nitrogens with one attached hydrogen (secondary N) is 1. The molecule has 0 aromatic heterocycles. The number of benzene rings is 2.